The Hall–Kier alpha value is -3.54. The van der Waals surface area contributed by atoms with Gasteiger partial charge in [-0.3, -0.25) is 9.59 Å². The normalized spacial score (nSPS) is 14.9. The number of hydrogen-bond donors (Lipinski definition) is 2. The summed E-state index contributed by atoms with van der Waals surface area (Å²) >= 11 is 0. The van der Waals surface area contributed by atoms with Crippen LogP contribution in [-0.4, -0.2) is 23.5 Å². The van der Waals surface area contributed by atoms with Crippen molar-refractivity contribution in [3.05, 3.63) is 77.0 Å². The van der Waals surface area contributed by atoms with Crippen LogP contribution in [0.2, 0.25) is 0 Å². The number of nitrogens with one attached hydrogen (secondary N) is 1. The van der Waals surface area contributed by atoms with Gasteiger partial charge >= 0.3 is 5.97 Å². The highest BCUT2D eigenvalue weighted by molar-refractivity contribution is 5.94. The number of furan rings is 1. The molecule has 0 spiro atoms. The zero-order chi connectivity index (χ0) is 24.8. The summed E-state index contributed by atoms with van der Waals surface area (Å²) in [6, 6.07) is 17.4. The maximum Gasteiger partial charge on any atom is 0.305 e. The lowest BCUT2D eigenvalue weighted by Crippen LogP contribution is -2.26. The molecule has 0 saturated heterocycles. The van der Waals surface area contributed by atoms with Crippen molar-refractivity contribution >= 4 is 11.9 Å². The largest absolute Gasteiger partial charge is 0.482 e. The van der Waals surface area contributed by atoms with Crippen molar-refractivity contribution in [2.75, 3.05) is 6.54 Å². The second-order valence-corrected chi connectivity index (χ2v) is 9.38. The van der Waals surface area contributed by atoms with E-state index in [0.717, 1.165) is 35.5 Å². The van der Waals surface area contributed by atoms with Crippen LogP contribution < -0.4 is 10.1 Å². The number of carbonyl (C=O) groups is 2. The Morgan fingerprint density at radius 3 is 2.37 bits per heavy atom. The summed E-state index contributed by atoms with van der Waals surface area (Å²) in [6.07, 6.45) is 5.49. The van der Waals surface area contributed by atoms with Crippen LogP contribution in [-0.2, 0) is 4.79 Å². The molecule has 1 atom stereocenters. The molecule has 1 saturated carbocycles. The average molecular weight is 476 g/mol. The molecule has 2 aromatic carbocycles. The van der Waals surface area contributed by atoms with Crippen molar-refractivity contribution in [2.45, 2.75) is 58.5 Å². The third-order valence-electron chi connectivity index (χ3n) is 6.63. The molecule has 3 aromatic rings. The molecule has 0 radical (unpaired) electrons. The Labute approximate surface area is 206 Å². The highest BCUT2D eigenvalue weighted by atomic mass is 16.5. The van der Waals surface area contributed by atoms with Gasteiger partial charge in [-0.05, 0) is 62.6 Å². The number of amides is 1. The summed E-state index contributed by atoms with van der Waals surface area (Å²) in [5.74, 6) is 1.50. The minimum Gasteiger partial charge on any atom is -0.482 e. The van der Waals surface area contributed by atoms with E-state index in [0.29, 0.717) is 17.2 Å². The van der Waals surface area contributed by atoms with Crippen molar-refractivity contribution in [3.8, 4) is 17.1 Å². The second kappa shape index (κ2) is 11.3. The van der Waals surface area contributed by atoms with Gasteiger partial charge in [0.25, 0.3) is 5.91 Å². The Morgan fingerprint density at radius 1 is 1.03 bits per heavy atom. The number of ether oxygens (including phenoxy) is 1. The van der Waals surface area contributed by atoms with Crippen LogP contribution in [0.4, 0.5) is 0 Å². The molecule has 0 aliphatic heterocycles. The molecule has 184 valence electrons. The fourth-order valence-corrected chi connectivity index (χ4v) is 4.66. The number of rotatable bonds is 9. The molecule has 0 bridgehead atoms. The van der Waals surface area contributed by atoms with Gasteiger partial charge in [0, 0.05) is 23.6 Å². The molecule has 1 heterocycles. The van der Waals surface area contributed by atoms with Crippen molar-refractivity contribution in [2.24, 2.45) is 5.92 Å². The Balaban J connectivity index is 1.54. The monoisotopic (exact) mass is 475 g/mol. The van der Waals surface area contributed by atoms with E-state index >= 15 is 0 Å². The third-order valence-corrected chi connectivity index (χ3v) is 6.63. The summed E-state index contributed by atoms with van der Waals surface area (Å²) in [5.41, 5.74) is 3.80. The van der Waals surface area contributed by atoms with Crippen molar-refractivity contribution in [1.29, 1.82) is 0 Å². The Bertz CT molecular complexity index is 1140. The summed E-state index contributed by atoms with van der Waals surface area (Å²) in [6.45, 7) is 4.23. The lowest BCUT2D eigenvalue weighted by Gasteiger charge is -2.30. The number of carboxylic acids is 1. The van der Waals surface area contributed by atoms with E-state index in [1.165, 1.54) is 24.8 Å². The number of carbonyl (C=O) groups excluding carboxylic acids is 1. The van der Waals surface area contributed by atoms with Gasteiger partial charge in [0.1, 0.15) is 17.3 Å². The van der Waals surface area contributed by atoms with Crippen LogP contribution in [0.15, 0.2) is 59.0 Å². The SMILES string of the molecule is Cc1ccc(-c2cc(C)c(C(Oc3ccc(C(=O)NCCC(=O)O)cc3)C3CCCCC3)o2)cc1. The van der Waals surface area contributed by atoms with Crippen molar-refractivity contribution < 1.29 is 23.8 Å². The smallest absolute Gasteiger partial charge is 0.305 e. The molecular weight excluding hydrogens is 442 g/mol. The number of hydrogen-bond acceptors (Lipinski definition) is 4. The van der Waals surface area contributed by atoms with E-state index in [9.17, 15) is 9.59 Å². The van der Waals surface area contributed by atoms with Gasteiger partial charge in [0.2, 0.25) is 0 Å². The first-order chi connectivity index (χ1) is 16.9. The first-order valence-corrected chi connectivity index (χ1v) is 12.3. The topological polar surface area (TPSA) is 88.8 Å². The molecule has 1 fully saturated rings. The second-order valence-electron chi connectivity index (χ2n) is 9.38. The summed E-state index contributed by atoms with van der Waals surface area (Å²) < 4.78 is 12.9. The zero-order valence-electron chi connectivity index (χ0n) is 20.4. The van der Waals surface area contributed by atoms with Gasteiger partial charge in [-0.2, -0.15) is 0 Å². The van der Waals surface area contributed by atoms with Gasteiger partial charge in [-0.1, -0.05) is 49.1 Å². The van der Waals surface area contributed by atoms with Crippen molar-refractivity contribution in [3.63, 3.8) is 0 Å². The molecule has 1 amide bonds. The predicted molar refractivity (Wildman–Crippen MR) is 135 cm³/mol. The van der Waals surface area contributed by atoms with Crippen LogP contribution >= 0.6 is 0 Å². The molecule has 1 aliphatic carbocycles. The summed E-state index contributed by atoms with van der Waals surface area (Å²) in [4.78, 5) is 22.9. The van der Waals surface area contributed by atoms with E-state index in [1.807, 2.05) is 0 Å². The fraction of sp³-hybridized carbons (Fsp3) is 0.379. The number of aliphatic carboxylic acids is 1. The molecular formula is C29H33NO5. The zero-order valence-corrected chi connectivity index (χ0v) is 20.4. The number of carboxylic acid groups (broad SMARTS) is 1. The molecule has 1 unspecified atom stereocenters. The molecule has 6 nitrogen and oxygen atoms in total. The maximum absolute atomic E-state index is 12.3. The van der Waals surface area contributed by atoms with E-state index in [-0.39, 0.29) is 25.0 Å². The van der Waals surface area contributed by atoms with Gasteiger partial charge in [0.15, 0.2) is 6.10 Å². The molecule has 35 heavy (non-hydrogen) atoms. The highest BCUT2D eigenvalue weighted by Gasteiger charge is 2.31. The Morgan fingerprint density at radius 2 is 1.71 bits per heavy atom. The van der Waals surface area contributed by atoms with E-state index in [1.54, 1.807) is 24.3 Å². The summed E-state index contributed by atoms with van der Waals surface area (Å²) in [7, 11) is 0. The molecule has 1 aliphatic rings. The van der Waals surface area contributed by atoms with Gasteiger partial charge in [0.05, 0.1) is 6.42 Å². The highest BCUT2D eigenvalue weighted by Crippen LogP contribution is 2.41. The lowest BCUT2D eigenvalue weighted by molar-refractivity contribution is -0.136. The first-order valence-electron chi connectivity index (χ1n) is 12.3. The summed E-state index contributed by atoms with van der Waals surface area (Å²) in [5, 5.41) is 11.4. The quantitative estimate of drug-likeness (QED) is 0.370. The van der Waals surface area contributed by atoms with E-state index in [4.69, 9.17) is 14.3 Å². The number of benzene rings is 2. The van der Waals surface area contributed by atoms with Crippen LogP contribution in [0.3, 0.4) is 0 Å². The molecule has 6 heteroatoms. The Kier molecular flexibility index (Phi) is 7.91. The van der Waals surface area contributed by atoms with Crippen molar-refractivity contribution in [1.82, 2.24) is 5.32 Å². The van der Waals surface area contributed by atoms with Gasteiger partial charge < -0.3 is 19.6 Å². The minimum absolute atomic E-state index is 0.0945. The number of aryl methyl sites for hydroxylation is 2. The minimum atomic E-state index is -0.943. The third kappa shape index (κ3) is 6.32. The van der Waals surface area contributed by atoms with E-state index in [2.05, 4.69) is 49.5 Å². The molecule has 1 aromatic heterocycles. The molecule has 2 N–H and O–H groups in total. The standard InChI is InChI=1S/C29H33NO5/c1-19-8-10-21(11-9-19)25-18-20(2)27(35-25)28(22-6-4-3-5-7-22)34-24-14-12-23(13-15-24)29(33)30-17-16-26(31)32/h8-15,18,22,28H,3-7,16-17H2,1-2H3,(H,30,33)(H,31,32). The van der Waals surface area contributed by atoms with E-state index < -0.39 is 5.97 Å². The maximum atomic E-state index is 12.3. The average Bonchev–Trinajstić information content (AvgIpc) is 3.24. The lowest BCUT2D eigenvalue weighted by atomic mass is 9.83. The van der Waals surface area contributed by atoms with Crippen LogP contribution in [0.25, 0.3) is 11.3 Å². The van der Waals surface area contributed by atoms with Crippen LogP contribution in [0, 0.1) is 19.8 Å². The predicted octanol–water partition coefficient (Wildman–Crippen LogP) is 6.47. The molecule has 4 rings (SSSR count). The first kappa shape index (κ1) is 24.6. The fourth-order valence-electron chi connectivity index (χ4n) is 4.66. The van der Waals surface area contributed by atoms with Gasteiger partial charge in [-0.25, -0.2) is 0 Å². The van der Waals surface area contributed by atoms with Crippen LogP contribution in [0.1, 0.15) is 71.9 Å². The van der Waals surface area contributed by atoms with Crippen LogP contribution in [0.5, 0.6) is 5.75 Å². The van der Waals surface area contributed by atoms with Gasteiger partial charge in [-0.15, -0.1) is 0 Å².